The van der Waals surface area contributed by atoms with E-state index >= 15 is 0 Å². The van der Waals surface area contributed by atoms with Crippen LogP contribution in [0.5, 0.6) is 11.5 Å². The van der Waals surface area contributed by atoms with Crippen LogP contribution >= 0.6 is 11.6 Å². The molecule has 0 saturated heterocycles. The largest absolute Gasteiger partial charge is 0.493 e. The van der Waals surface area contributed by atoms with Crippen molar-refractivity contribution < 1.29 is 14.3 Å². The molecule has 0 radical (unpaired) electrons. The second kappa shape index (κ2) is 7.44. The molecule has 1 aliphatic rings. The van der Waals surface area contributed by atoms with Crippen LogP contribution in [0.3, 0.4) is 0 Å². The fourth-order valence-electron chi connectivity index (χ4n) is 3.27. The number of hydrogen-bond donors (Lipinski definition) is 0. The Morgan fingerprint density at radius 3 is 2.56 bits per heavy atom. The highest BCUT2D eigenvalue weighted by Crippen LogP contribution is 2.36. The van der Waals surface area contributed by atoms with Crippen LogP contribution in [0.15, 0.2) is 18.5 Å². The molecule has 1 aromatic heterocycles. The highest BCUT2D eigenvalue weighted by Gasteiger charge is 2.27. The lowest BCUT2D eigenvalue weighted by Crippen LogP contribution is -2.40. The number of ether oxygens (including phenoxy) is 2. The van der Waals surface area contributed by atoms with Crippen LogP contribution in [-0.4, -0.2) is 47.1 Å². The first-order valence-corrected chi connectivity index (χ1v) is 8.75. The van der Waals surface area contributed by atoms with Crippen molar-refractivity contribution in [3.05, 3.63) is 23.6 Å². The van der Waals surface area contributed by atoms with Gasteiger partial charge in [-0.3, -0.25) is 4.79 Å². The Balaban J connectivity index is 1.75. The Hall–Kier alpha value is -2.08. The van der Waals surface area contributed by atoms with Crippen LogP contribution in [-0.2, 0) is 4.79 Å². The van der Waals surface area contributed by atoms with Gasteiger partial charge in [0.25, 0.3) is 0 Å². The zero-order chi connectivity index (χ0) is 18.0. The smallest absolute Gasteiger partial charge is 0.219 e. The van der Waals surface area contributed by atoms with E-state index in [0.717, 1.165) is 36.6 Å². The minimum Gasteiger partial charge on any atom is -0.493 e. The highest BCUT2D eigenvalue weighted by atomic mass is 35.5. The summed E-state index contributed by atoms with van der Waals surface area (Å²) in [5, 5.41) is 1.13. The third-order valence-corrected chi connectivity index (χ3v) is 5.16. The van der Waals surface area contributed by atoms with Gasteiger partial charge in [-0.15, -0.1) is 0 Å². The van der Waals surface area contributed by atoms with Crippen LogP contribution in [0.2, 0.25) is 5.15 Å². The lowest BCUT2D eigenvalue weighted by Gasteiger charge is -2.34. The molecule has 7 heteroatoms. The van der Waals surface area contributed by atoms with E-state index in [1.807, 2.05) is 24.1 Å². The molecule has 0 aliphatic heterocycles. The lowest BCUT2D eigenvalue weighted by molar-refractivity contribution is -0.130. The molecule has 6 nitrogen and oxygen atoms in total. The monoisotopic (exact) mass is 363 g/mol. The summed E-state index contributed by atoms with van der Waals surface area (Å²) in [6.07, 6.45) is 5.16. The number of hydrogen-bond acceptors (Lipinski definition) is 5. The summed E-state index contributed by atoms with van der Waals surface area (Å²) in [5.74, 6) is 1.38. The number of halogens is 1. The van der Waals surface area contributed by atoms with E-state index in [9.17, 15) is 4.79 Å². The molecule has 0 N–H and O–H groups in total. The van der Waals surface area contributed by atoms with Crippen molar-refractivity contribution in [2.24, 2.45) is 0 Å². The molecule has 3 rings (SSSR count). The standard InChI is InChI=1S/C18H22ClN3O3/c1-11(23)22(2)12-4-6-13(7-5-12)25-17-8-14-15(9-16(17)24-3)20-10-21-18(14)19/h8-10,12-13H,4-7H2,1-3H3/t12-,13-. The predicted octanol–water partition coefficient (Wildman–Crippen LogP) is 3.46. The molecule has 1 heterocycles. The topological polar surface area (TPSA) is 64.6 Å². The number of rotatable bonds is 4. The third-order valence-electron chi connectivity index (χ3n) is 4.85. The van der Waals surface area contributed by atoms with Crippen LogP contribution in [0.1, 0.15) is 32.6 Å². The summed E-state index contributed by atoms with van der Waals surface area (Å²) in [7, 11) is 3.47. The average molecular weight is 364 g/mol. The molecule has 1 aliphatic carbocycles. The summed E-state index contributed by atoms with van der Waals surface area (Å²) in [6, 6.07) is 3.94. The van der Waals surface area contributed by atoms with Gasteiger partial charge >= 0.3 is 0 Å². The van der Waals surface area contributed by atoms with E-state index in [-0.39, 0.29) is 12.0 Å². The first-order valence-electron chi connectivity index (χ1n) is 8.38. The van der Waals surface area contributed by atoms with Crippen LogP contribution in [0.25, 0.3) is 10.9 Å². The van der Waals surface area contributed by atoms with Crippen LogP contribution < -0.4 is 9.47 Å². The van der Waals surface area contributed by atoms with Gasteiger partial charge in [0.15, 0.2) is 11.5 Å². The molecule has 2 aromatic rings. The first-order chi connectivity index (χ1) is 12.0. The Bertz CT molecular complexity index is 775. The molecule has 25 heavy (non-hydrogen) atoms. The summed E-state index contributed by atoms with van der Waals surface area (Å²) in [4.78, 5) is 21.6. The van der Waals surface area contributed by atoms with Crippen LogP contribution in [0.4, 0.5) is 0 Å². The van der Waals surface area contributed by atoms with Gasteiger partial charge in [-0.25, -0.2) is 9.97 Å². The van der Waals surface area contributed by atoms with Gasteiger partial charge < -0.3 is 14.4 Å². The number of amides is 1. The second-order valence-corrected chi connectivity index (χ2v) is 6.72. The maximum atomic E-state index is 11.5. The molecule has 0 bridgehead atoms. The molecule has 1 amide bonds. The SMILES string of the molecule is COc1cc2ncnc(Cl)c2cc1O[C@H]1CC[C@H](N(C)C(C)=O)CC1. The number of carbonyl (C=O) groups is 1. The Kier molecular flexibility index (Phi) is 5.27. The van der Waals surface area contributed by atoms with E-state index in [1.54, 1.807) is 14.0 Å². The van der Waals surface area contributed by atoms with Crippen molar-refractivity contribution in [2.45, 2.75) is 44.8 Å². The van der Waals surface area contributed by atoms with Crippen molar-refractivity contribution in [3.63, 3.8) is 0 Å². The molecule has 1 saturated carbocycles. The molecular weight excluding hydrogens is 342 g/mol. The minimum atomic E-state index is 0.0892. The maximum Gasteiger partial charge on any atom is 0.219 e. The maximum absolute atomic E-state index is 11.5. The quantitative estimate of drug-likeness (QED) is 0.778. The molecule has 0 unspecified atom stereocenters. The molecule has 0 spiro atoms. The Labute approximate surface area is 152 Å². The zero-order valence-electron chi connectivity index (χ0n) is 14.7. The van der Waals surface area contributed by atoms with Gasteiger partial charge in [0.05, 0.1) is 18.7 Å². The van der Waals surface area contributed by atoms with E-state index < -0.39 is 0 Å². The van der Waals surface area contributed by atoms with Crippen LogP contribution in [0, 0.1) is 0 Å². The number of methoxy groups -OCH3 is 1. The summed E-state index contributed by atoms with van der Waals surface area (Å²) in [5.41, 5.74) is 0.719. The van der Waals surface area contributed by atoms with E-state index in [4.69, 9.17) is 21.1 Å². The van der Waals surface area contributed by atoms with Gasteiger partial charge in [-0.1, -0.05) is 11.6 Å². The molecule has 1 aromatic carbocycles. The Morgan fingerprint density at radius 1 is 1.20 bits per heavy atom. The number of carbonyl (C=O) groups excluding carboxylic acids is 1. The fourth-order valence-corrected chi connectivity index (χ4v) is 3.47. The summed E-state index contributed by atoms with van der Waals surface area (Å²) >= 11 is 6.17. The van der Waals surface area contributed by atoms with Gasteiger partial charge in [0.1, 0.15) is 11.5 Å². The third kappa shape index (κ3) is 3.79. The summed E-state index contributed by atoms with van der Waals surface area (Å²) in [6.45, 7) is 1.61. The number of aromatic nitrogens is 2. The molecule has 0 atom stereocenters. The van der Waals surface area contributed by atoms with Gasteiger partial charge in [0, 0.05) is 31.5 Å². The van der Waals surface area contributed by atoms with Gasteiger partial charge in [-0.2, -0.15) is 0 Å². The van der Waals surface area contributed by atoms with Gasteiger partial charge in [-0.05, 0) is 31.7 Å². The average Bonchev–Trinajstić information content (AvgIpc) is 2.62. The number of fused-ring (bicyclic) bond motifs is 1. The summed E-state index contributed by atoms with van der Waals surface area (Å²) < 4.78 is 11.6. The van der Waals surface area contributed by atoms with Crippen molar-refractivity contribution >= 4 is 28.4 Å². The Morgan fingerprint density at radius 2 is 1.92 bits per heavy atom. The second-order valence-electron chi connectivity index (χ2n) is 6.36. The van der Waals surface area contributed by atoms with E-state index in [2.05, 4.69) is 9.97 Å². The molecule has 1 fully saturated rings. The van der Waals surface area contributed by atoms with Gasteiger partial charge in [0.2, 0.25) is 5.91 Å². The lowest BCUT2D eigenvalue weighted by atomic mass is 9.92. The normalized spacial score (nSPS) is 20.3. The van der Waals surface area contributed by atoms with E-state index in [0.29, 0.717) is 22.7 Å². The zero-order valence-corrected chi connectivity index (χ0v) is 15.4. The minimum absolute atomic E-state index is 0.0892. The fraction of sp³-hybridized carbons (Fsp3) is 0.500. The van der Waals surface area contributed by atoms with E-state index in [1.165, 1.54) is 6.33 Å². The van der Waals surface area contributed by atoms with Crippen molar-refractivity contribution in [1.29, 1.82) is 0 Å². The van der Waals surface area contributed by atoms with Crippen molar-refractivity contribution in [3.8, 4) is 11.5 Å². The number of benzene rings is 1. The van der Waals surface area contributed by atoms with Crippen molar-refractivity contribution in [2.75, 3.05) is 14.2 Å². The first kappa shape index (κ1) is 17.7. The highest BCUT2D eigenvalue weighted by molar-refractivity contribution is 6.34. The number of nitrogens with zero attached hydrogens (tertiary/aromatic N) is 3. The predicted molar refractivity (Wildman–Crippen MR) is 96.2 cm³/mol. The van der Waals surface area contributed by atoms with Crippen molar-refractivity contribution in [1.82, 2.24) is 14.9 Å². The molecular formula is C18H22ClN3O3. The molecule has 134 valence electrons.